The molecule has 2 aromatic heterocycles. The van der Waals surface area contributed by atoms with Gasteiger partial charge >= 0.3 is 0 Å². The highest BCUT2D eigenvalue weighted by Crippen LogP contribution is 2.24. The van der Waals surface area contributed by atoms with E-state index in [2.05, 4.69) is 20.5 Å². The lowest BCUT2D eigenvalue weighted by Crippen LogP contribution is -2.38. The summed E-state index contributed by atoms with van der Waals surface area (Å²) in [5.74, 6) is 0.731. The molecule has 1 aliphatic heterocycles. The SMILES string of the molecule is Cc1c(CN(C=O)CC(=O)N2CCCC2)cccc1Nc1ccc2[nH]ncc2n1. The maximum Gasteiger partial charge on any atom is 0.242 e. The number of rotatable bonds is 7. The Morgan fingerprint density at radius 1 is 1.28 bits per heavy atom. The quantitative estimate of drug-likeness (QED) is 0.603. The molecular formula is C21H24N6O2. The number of likely N-dealkylation sites (tertiary alicyclic amines) is 1. The molecule has 0 atom stereocenters. The Labute approximate surface area is 168 Å². The molecule has 0 unspecified atom stereocenters. The maximum atomic E-state index is 12.4. The van der Waals surface area contributed by atoms with E-state index in [-0.39, 0.29) is 12.5 Å². The summed E-state index contributed by atoms with van der Waals surface area (Å²) in [6, 6.07) is 9.70. The van der Waals surface area contributed by atoms with Gasteiger partial charge in [-0.2, -0.15) is 5.10 Å². The number of aromatic amines is 1. The predicted octanol–water partition coefficient (Wildman–Crippen LogP) is 2.59. The van der Waals surface area contributed by atoms with Crippen molar-refractivity contribution in [3.8, 4) is 0 Å². The Morgan fingerprint density at radius 2 is 2.10 bits per heavy atom. The molecule has 0 saturated carbocycles. The maximum absolute atomic E-state index is 12.4. The van der Waals surface area contributed by atoms with Crippen molar-refractivity contribution in [2.75, 3.05) is 25.0 Å². The van der Waals surface area contributed by atoms with Gasteiger partial charge in [0.2, 0.25) is 12.3 Å². The van der Waals surface area contributed by atoms with Gasteiger partial charge < -0.3 is 15.1 Å². The van der Waals surface area contributed by atoms with Crippen LogP contribution in [0.25, 0.3) is 11.0 Å². The molecule has 3 heterocycles. The molecule has 8 nitrogen and oxygen atoms in total. The molecule has 1 aliphatic rings. The van der Waals surface area contributed by atoms with E-state index in [9.17, 15) is 9.59 Å². The Balaban J connectivity index is 1.47. The van der Waals surface area contributed by atoms with Crippen LogP contribution in [0.1, 0.15) is 24.0 Å². The lowest BCUT2D eigenvalue weighted by atomic mass is 10.1. The van der Waals surface area contributed by atoms with Crippen LogP contribution in [0.15, 0.2) is 36.5 Å². The first kappa shape index (κ1) is 18.9. The number of anilines is 2. The largest absolute Gasteiger partial charge is 0.341 e. The minimum atomic E-state index is 0.0131. The summed E-state index contributed by atoms with van der Waals surface area (Å²) in [7, 11) is 0. The third-order valence-corrected chi connectivity index (χ3v) is 5.32. The summed E-state index contributed by atoms with van der Waals surface area (Å²) in [4.78, 5) is 31.8. The van der Waals surface area contributed by atoms with E-state index in [1.54, 1.807) is 6.20 Å². The van der Waals surface area contributed by atoms with Crippen LogP contribution < -0.4 is 5.32 Å². The van der Waals surface area contributed by atoms with Crippen LogP contribution in [0.4, 0.5) is 11.5 Å². The number of benzene rings is 1. The molecule has 1 aromatic carbocycles. The molecule has 29 heavy (non-hydrogen) atoms. The van der Waals surface area contributed by atoms with Gasteiger partial charge in [-0.3, -0.25) is 14.7 Å². The molecule has 0 bridgehead atoms. The number of hydrogen-bond acceptors (Lipinski definition) is 5. The van der Waals surface area contributed by atoms with Crippen molar-refractivity contribution in [3.05, 3.63) is 47.7 Å². The highest BCUT2D eigenvalue weighted by atomic mass is 16.2. The van der Waals surface area contributed by atoms with Crippen molar-refractivity contribution in [1.82, 2.24) is 25.0 Å². The Hall–Kier alpha value is -3.42. The minimum Gasteiger partial charge on any atom is -0.341 e. The van der Waals surface area contributed by atoms with Crippen molar-refractivity contribution < 1.29 is 9.59 Å². The normalized spacial score (nSPS) is 13.6. The van der Waals surface area contributed by atoms with Crippen molar-refractivity contribution in [3.63, 3.8) is 0 Å². The van der Waals surface area contributed by atoms with Crippen LogP contribution in [-0.4, -0.2) is 56.9 Å². The molecule has 1 saturated heterocycles. The van der Waals surface area contributed by atoms with Crippen molar-refractivity contribution in [1.29, 1.82) is 0 Å². The summed E-state index contributed by atoms with van der Waals surface area (Å²) >= 11 is 0. The zero-order valence-corrected chi connectivity index (χ0v) is 16.4. The van der Waals surface area contributed by atoms with Crippen LogP contribution in [0.2, 0.25) is 0 Å². The number of carbonyl (C=O) groups excluding carboxylic acids is 2. The monoisotopic (exact) mass is 392 g/mol. The molecule has 2 N–H and O–H groups in total. The zero-order valence-electron chi connectivity index (χ0n) is 16.4. The fraction of sp³-hybridized carbons (Fsp3) is 0.333. The summed E-state index contributed by atoms with van der Waals surface area (Å²) in [5, 5.41) is 10.2. The van der Waals surface area contributed by atoms with Crippen LogP contribution in [0, 0.1) is 6.92 Å². The molecule has 0 aliphatic carbocycles. The standard InChI is InChI=1S/C21H24N6O2/c1-15-16(12-26(14-28)13-21(29)27-9-2-3-10-27)5-4-6-17(15)23-20-8-7-18-19(24-20)11-22-25-18/h4-8,11,14H,2-3,9-10,12-13H2,1H3,(H,22,25)(H,23,24). The van der Waals surface area contributed by atoms with Gasteiger partial charge in [-0.05, 0) is 49.1 Å². The van der Waals surface area contributed by atoms with E-state index in [1.807, 2.05) is 42.2 Å². The van der Waals surface area contributed by atoms with Gasteiger partial charge in [0.1, 0.15) is 11.3 Å². The van der Waals surface area contributed by atoms with Crippen molar-refractivity contribution in [2.45, 2.75) is 26.3 Å². The lowest BCUT2D eigenvalue weighted by molar-refractivity contribution is -0.135. The van der Waals surface area contributed by atoms with E-state index >= 15 is 0 Å². The first-order chi connectivity index (χ1) is 14.1. The van der Waals surface area contributed by atoms with Gasteiger partial charge in [0.05, 0.1) is 18.3 Å². The third kappa shape index (κ3) is 4.21. The topological polar surface area (TPSA) is 94.2 Å². The Kier molecular flexibility index (Phi) is 5.41. The molecule has 1 fully saturated rings. The van der Waals surface area contributed by atoms with Crippen LogP contribution in [-0.2, 0) is 16.1 Å². The van der Waals surface area contributed by atoms with E-state index in [0.717, 1.165) is 66.0 Å². The van der Waals surface area contributed by atoms with Gasteiger partial charge in [-0.1, -0.05) is 12.1 Å². The molecule has 150 valence electrons. The van der Waals surface area contributed by atoms with Gasteiger partial charge in [0.15, 0.2) is 0 Å². The average molecular weight is 392 g/mol. The average Bonchev–Trinajstić information content (AvgIpc) is 3.41. The first-order valence-corrected chi connectivity index (χ1v) is 9.77. The number of fused-ring (bicyclic) bond motifs is 1. The molecular weight excluding hydrogens is 368 g/mol. The highest BCUT2D eigenvalue weighted by molar-refractivity contribution is 5.80. The second kappa shape index (κ2) is 8.30. The number of pyridine rings is 1. The van der Waals surface area contributed by atoms with E-state index in [4.69, 9.17) is 0 Å². The second-order valence-electron chi connectivity index (χ2n) is 7.31. The molecule has 0 spiro atoms. The van der Waals surface area contributed by atoms with E-state index in [0.29, 0.717) is 6.54 Å². The van der Waals surface area contributed by atoms with E-state index < -0.39 is 0 Å². The number of amides is 2. The number of aromatic nitrogens is 3. The lowest BCUT2D eigenvalue weighted by Gasteiger charge is -2.23. The van der Waals surface area contributed by atoms with Gasteiger partial charge in [0, 0.05) is 25.3 Å². The molecule has 0 radical (unpaired) electrons. The summed E-state index contributed by atoms with van der Waals surface area (Å²) in [6.45, 7) is 4.08. The third-order valence-electron chi connectivity index (χ3n) is 5.32. The van der Waals surface area contributed by atoms with Gasteiger partial charge in [0.25, 0.3) is 0 Å². The number of carbonyl (C=O) groups is 2. The molecule has 4 rings (SSSR count). The summed E-state index contributed by atoms with van der Waals surface area (Å²) < 4.78 is 0. The first-order valence-electron chi connectivity index (χ1n) is 9.77. The zero-order chi connectivity index (χ0) is 20.2. The number of H-pyrrole nitrogens is 1. The Bertz CT molecular complexity index is 1020. The van der Waals surface area contributed by atoms with E-state index in [1.165, 1.54) is 4.90 Å². The summed E-state index contributed by atoms with van der Waals surface area (Å²) in [6.07, 6.45) is 4.52. The number of nitrogens with one attached hydrogen (secondary N) is 2. The van der Waals surface area contributed by atoms with Crippen LogP contribution >= 0.6 is 0 Å². The fourth-order valence-electron chi connectivity index (χ4n) is 3.62. The second-order valence-corrected chi connectivity index (χ2v) is 7.31. The summed E-state index contributed by atoms with van der Waals surface area (Å²) in [5.41, 5.74) is 4.58. The van der Waals surface area contributed by atoms with Crippen molar-refractivity contribution in [2.24, 2.45) is 0 Å². The van der Waals surface area contributed by atoms with Gasteiger partial charge in [-0.15, -0.1) is 0 Å². The van der Waals surface area contributed by atoms with Gasteiger partial charge in [-0.25, -0.2) is 4.98 Å². The Morgan fingerprint density at radius 3 is 2.90 bits per heavy atom. The molecule has 8 heteroatoms. The predicted molar refractivity (Wildman–Crippen MR) is 111 cm³/mol. The number of hydrogen-bond donors (Lipinski definition) is 2. The highest BCUT2D eigenvalue weighted by Gasteiger charge is 2.20. The fourth-order valence-corrected chi connectivity index (χ4v) is 3.62. The van der Waals surface area contributed by atoms with Crippen LogP contribution in [0.5, 0.6) is 0 Å². The minimum absolute atomic E-state index is 0.0131. The molecule has 3 aromatic rings. The van der Waals surface area contributed by atoms with Crippen molar-refractivity contribution >= 4 is 34.9 Å². The van der Waals surface area contributed by atoms with Crippen LogP contribution in [0.3, 0.4) is 0 Å². The smallest absolute Gasteiger partial charge is 0.242 e. The molecule has 2 amide bonds. The number of nitrogens with zero attached hydrogens (tertiary/aromatic N) is 4.